The molecule has 4 aromatic carbocycles. The molecule has 0 amide bonds. The fourth-order valence-corrected chi connectivity index (χ4v) is 5.82. The minimum atomic E-state index is -0.170. The van der Waals surface area contributed by atoms with Gasteiger partial charge in [0.15, 0.2) is 0 Å². The van der Waals surface area contributed by atoms with Crippen LogP contribution in [0.2, 0.25) is 0 Å². The standard InChI is InChI=1S/C21H25.C13H21.C7H5F.2ClH.Zr/c1-20(2,3)16-9-7-14-11-15-8-10-17(21(4,5)6)13-19(15)18(14)12-16;1-6-10-8-11(7-2)12(9-10)13(3,4)5;1-6-2-4-7(8)5-3-6;;;/h7-13H,1-6H3;9-10H,6-7H2,1-5H3;1-5H;2*1H;/q2*-1;;;;+2/p-2. The van der Waals surface area contributed by atoms with Gasteiger partial charge in [-0.15, -0.1) is 39.7 Å². The van der Waals surface area contributed by atoms with Crippen molar-refractivity contribution < 1.29 is 53.4 Å². The van der Waals surface area contributed by atoms with Gasteiger partial charge in [-0.25, -0.2) is 5.57 Å². The second-order valence-corrected chi connectivity index (χ2v) is 15.5. The third-order valence-electron chi connectivity index (χ3n) is 8.13. The molecule has 4 heteroatoms. The van der Waals surface area contributed by atoms with Crippen LogP contribution in [-0.4, -0.2) is 3.71 Å². The van der Waals surface area contributed by atoms with Crippen LogP contribution >= 0.6 is 0 Å². The van der Waals surface area contributed by atoms with Gasteiger partial charge >= 0.3 is 68.0 Å². The van der Waals surface area contributed by atoms with Crippen molar-refractivity contribution in [2.45, 2.75) is 99.8 Å². The van der Waals surface area contributed by atoms with E-state index in [-0.39, 0.29) is 41.5 Å². The van der Waals surface area contributed by atoms with Crippen LogP contribution in [-0.2, 0) is 35.1 Å². The minimum absolute atomic E-state index is 0. The molecule has 0 N–H and O–H groups in total. The van der Waals surface area contributed by atoms with Gasteiger partial charge in [-0.3, -0.25) is 6.08 Å². The fraction of sp³-hybridized carbons (Fsp3) is 0.415. The molecule has 4 aromatic rings. The molecule has 0 nitrogen and oxygen atoms in total. The van der Waals surface area contributed by atoms with E-state index in [4.69, 9.17) is 0 Å². The summed E-state index contributed by atoms with van der Waals surface area (Å²) in [5.41, 5.74) is 7.55. The fourth-order valence-electron chi connectivity index (χ4n) is 5.35. The molecule has 0 aliphatic heterocycles. The summed E-state index contributed by atoms with van der Waals surface area (Å²) in [5, 5.41) is 5.49. The number of rotatable bonds is 3. The second-order valence-electron chi connectivity index (χ2n) is 14.8. The van der Waals surface area contributed by atoms with Crippen molar-refractivity contribution in [3.63, 3.8) is 0 Å². The van der Waals surface area contributed by atoms with E-state index >= 15 is 0 Å². The molecule has 0 saturated heterocycles. The Labute approximate surface area is 300 Å². The van der Waals surface area contributed by atoms with E-state index in [2.05, 4.69) is 131 Å². The minimum Gasteiger partial charge on any atom is -1.00 e. The average Bonchev–Trinajstić information content (AvgIpc) is 3.54. The van der Waals surface area contributed by atoms with Crippen molar-refractivity contribution in [2.24, 2.45) is 11.3 Å². The van der Waals surface area contributed by atoms with Gasteiger partial charge in [-0.05, 0) is 10.8 Å². The third kappa shape index (κ3) is 11.2. The monoisotopic (exact) mass is 722 g/mol. The molecule has 0 saturated carbocycles. The quantitative estimate of drug-likeness (QED) is 0.229. The Morgan fingerprint density at radius 2 is 1.20 bits per heavy atom. The van der Waals surface area contributed by atoms with E-state index in [1.807, 2.05) is 3.71 Å². The molecule has 45 heavy (non-hydrogen) atoms. The van der Waals surface area contributed by atoms with Crippen LogP contribution in [0.25, 0.3) is 21.5 Å². The van der Waals surface area contributed by atoms with Crippen molar-refractivity contribution in [1.29, 1.82) is 0 Å². The molecule has 1 atom stereocenters. The number of hydrogen-bond acceptors (Lipinski definition) is 0. The van der Waals surface area contributed by atoms with Crippen LogP contribution in [0.4, 0.5) is 4.39 Å². The molecule has 1 aliphatic rings. The van der Waals surface area contributed by atoms with Crippen molar-refractivity contribution in [1.82, 2.24) is 0 Å². The summed E-state index contributed by atoms with van der Waals surface area (Å²) < 4.78 is 14.2. The first-order chi connectivity index (χ1) is 20.0. The van der Waals surface area contributed by atoms with Gasteiger partial charge in [-0.2, -0.15) is 11.6 Å². The van der Waals surface area contributed by atoms with Crippen LogP contribution in [0.3, 0.4) is 0 Å². The summed E-state index contributed by atoms with van der Waals surface area (Å²) in [6, 6.07) is 22.6. The zero-order valence-corrected chi connectivity index (χ0v) is 33.1. The van der Waals surface area contributed by atoms with Crippen molar-refractivity contribution >= 4 is 25.3 Å². The Morgan fingerprint density at radius 1 is 0.733 bits per heavy atom. The van der Waals surface area contributed by atoms with Gasteiger partial charge < -0.3 is 24.8 Å². The molecule has 242 valence electrons. The van der Waals surface area contributed by atoms with E-state index in [1.54, 1.807) is 12.1 Å². The van der Waals surface area contributed by atoms with Crippen molar-refractivity contribution in [2.75, 3.05) is 0 Å². The molecule has 1 aliphatic carbocycles. The Morgan fingerprint density at radius 3 is 1.53 bits per heavy atom. The molecule has 0 radical (unpaired) electrons. The third-order valence-corrected chi connectivity index (χ3v) is 8.95. The van der Waals surface area contributed by atoms with Crippen LogP contribution in [0.15, 0.2) is 84.0 Å². The molecule has 0 spiro atoms. The van der Waals surface area contributed by atoms with E-state index < -0.39 is 0 Å². The van der Waals surface area contributed by atoms with Gasteiger partial charge in [0, 0.05) is 0 Å². The Balaban J connectivity index is 0.000000363. The van der Waals surface area contributed by atoms with Crippen molar-refractivity contribution in [3.05, 3.63) is 113 Å². The first-order valence-corrected chi connectivity index (χ1v) is 17.1. The second kappa shape index (κ2) is 16.9. The molecule has 5 rings (SSSR count). The van der Waals surface area contributed by atoms with Gasteiger partial charge in [0.25, 0.3) is 0 Å². The summed E-state index contributed by atoms with van der Waals surface area (Å²) in [7, 11) is 0. The molecule has 0 bridgehead atoms. The molecule has 1 unspecified atom stereocenters. The maximum Gasteiger partial charge on any atom is -1.00 e. The van der Waals surface area contributed by atoms with Crippen LogP contribution < -0.4 is 24.8 Å². The Hall–Kier alpha value is -1.73. The van der Waals surface area contributed by atoms with Gasteiger partial charge in [-0.1, -0.05) is 136 Å². The zero-order chi connectivity index (χ0) is 32.2. The first-order valence-electron chi connectivity index (χ1n) is 15.7. The largest absolute Gasteiger partial charge is 1.00 e. The SMILES string of the molecule is CC(C)(C)c1ccc2[cH-]c3ccc(C(C)(C)C)cc3c2c1.CCC1=[C-]C(CC)C=C1C(C)(C)C.Fc1ccc([CH]=[Zr+2])cc1.[Cl-].[Cl-]. The molecule has 0 heterocycles. The van der Waals surface area contributed by atoms with Gasteiger partial charge in [0.1, 0.15) is 0 Å². The number of fused-ring (bicyclic) bond motifs is 3. The average molecular weight is 725 g/mol. The van der Waals surface area contributed by atoms with Gasteiger partial charge in [0.2, 0.25) is 0 Å². The number of allylic oxidation sites excluding steroid dienone is 4. The molecule has 0 fully saturated rings. The molecular formula is C41H51Cl2FZr-2. The number of benzene rings is 3. The Bertz CT molecular complexity index is 1530. The van der Waals surface area contributed by atoms with E-state index in [1.165, 1.54) is 86.6 Å². The predicted octanol–water partition coefficient (Wildman–Crippen LogP) is 5.98. The smallest absolute Gasteiger partial charge is 1.00 e. The predicted molar refractivity (Wildman–Crippen MR) is 184 cm³/mol. The Kier molecular flexibility index (Phi) is 15.5. The van der Waals surface area contributed by atoms with Crippen molar-refractivity contribution in [3.8, 4) is 0 Å². The maximum atomic E-state index is 12.2. The normalized spacial score (nSPS) is 14.7. The topological polar surface area (TPSA) is 0 Å². The van der Waals surface area contributed by atoms with Crippen LogP contribution in [0.5, 0.6) is 0 Å². The maximum absolute atomic E-state index is 12.2. The summed E-state index contributed by atoms with van der Waals surface area (Å²) in [4.78, 5) is 0. The van der Waals surface area contributed by atoms with E-state index in [9.17, 15) is 4.39 Å². The van der Waals surface area contributed by atoms with E-state index in [0.29, 0.717) is 11.3 Å². The van der Waals surface area contributed by atoms with Crippen LogP contribution in [0.1, 0.15) is 106 Å². The number of hydrogen-bond donors (Lipinski definition) is 0. The molecular weight excluding hydrogens is 674 g/mol. The summed E-state index contributed by atoms with van der Waals surface area (Å²) in [6.45, 7) is 25.0. The summed E-state index contributed by atoms with van der Waals surface area (Å²) in [6.07, 6.45) is 8.28. The van der Waals surface area contributed by atoms with E-state index in [0.717, 1.165) is 12.0 Å². The van der Waals surface area contributed by atoms with Crippen LogP contribution in [0, 0.1) is 23.2 Å². The molecule has 0 aromatic heterocycles. The zero-order valence-electron chi connectivity index (χ0n) is 29.1. The summed E-state index contributed by atoms with van der Waals surface area (Å²) in [5.74, 6) is 0.403. The first kappa shape index (κ1) is 41.3. The summed E-state index contributed by atoms with van der Waals surface area (Å²) >= 11 is 1.34. The number of halogens is 3. The van der Waals surface area contributed by atoms with Gasteiger partial charge in [0.05, 0.1) is 0 Å².